The van der Waals surface area contributed by atoms with Crippen molar-refractivity contribution in [1.82, 2.24) is 0 Å². The van der Waals surface area contributed by atoms with Crippen molar-refractivity contribution in [2.75, 3.05) is 0 Å². The molecule has 0 aliphatic rings. The number of rotatable bonds is 1. The van der Waals surface area contributed by atoms with Gasteiger partial charge in [0.15, 0.2) is 0 Å². The quantitative estimate of drug-likeness (QED) is 0.533. The highest BCUT2D eigenvalue weighted by Crippen LogP contribution is 2.03. The van der Waals surface area contributed by atoms with Gasteiger partial charge in [-0.15, -0.1) is 0 Å². The number of hydrogen-bond donors (Lipinski definition) is 0. The van der Waals surface area contributed by atoms with E-state index >= 15 is 0 Å². The standard InChI is InChI=1S/C9H8O/c1-8-3-2-4-9(7-8)5-6-10/h2-5,7H,1H3. The van der Waals surface area contributed by atoms with E-state index in [9.17, 15) is 4.79 Å². The van der Waals surface area contributed by atoms with Gasteiger partial charge in [0, 0.05) is 6.08 Å². The Kier molecular flexibility index (Phi) is 2.03. The average molecular weight is 132 g/mol. The third-order valence-corrected chi connectivity index (χ3v) is 1.27. The van der Waals surface area contributed by atoms with E-state index in [4.69, 9.17) is 0 Å². The maximum absolute atomic E-state index is 9.91. The molecule has 50 valence electrons. The highest BCUT2D eigenvalue weighted by Gasteiger charge is 1.85. The zero-order chi connectivity index (χ0) is 7.40. The minimum atomic E-state index is 0.912. The third kappa shape index (κ3) is 1.57. The fourth-order valence-corrected chi connectivity index (χ4v) is 0.828. The molecule has 0 N–H and O–H groups in total. The Morgan fingerprint density at radius 3 is 2.90 bits per heavy atom. The van der Waals surface area contributed by atoms with Crippen LogP contribution in [0.5, 0.6) is 0 Å². The average Bonchev–Trinajstić information content (AvgIpc) is 1.88. The summed E-state index contributed by atoms with van der Waals surface area (Å²) >= 11 is 0. The molecule has 1 nitrogen and oxygen atoms in total. The minimum absolute atomic E-state index is 0.912. The van der Waals surface area contributed by atoms with Crippen LogP contribution in [0.25, 0.3) is 6.08 Å². The molecule has 0 amide bonds. The van der Waals surface area contributed by atoms with Crippen LogP contribution in [0.15, 0.2) is 24.3 Å². The summed E-state index contributed by atoms with van der Waals surface area (Å²) in [5.74, 6) is 1.74. The molecule has 0 spiro atoms. The number of hydrogen-bond acceptors (Lipinski definition) is 1. The Morgan fingerprint density at radius 1 is 1.50 bits per heavy atom. The van der Waals surface area contributed by atoms with Gasteiger partial charge in [-0.3, -0.25) is 0 Å². The van der Waals surface area contributed by atoms with Crippen molar-refractivity contribution in [1.29, 1.82) is 0 Å². The summed E-state index contributed by atoms with van der Waals surface area (Å²) in [6, 6.07) is 7.71. The Morgan fingerprint density at radius 2 is 2.30 bits per heavy atom. The molecule has 0 heterocycles. The Balaban J connectivity index is 3.06. The summed E-state index contributed by atoms with van der Waals surface area (Å²) in [4.78, 5) is 9.91. The smallest absolute Gasteiger partial charge is 0.125 e. The molecule has 0 bridgehead atoms. The van der Waals surface area contributed by atoms with Gasteiger partial charge in [0.1, 0.15) is 5.94 Å². The summed E-state index contributed by atoms with van der Waals surface area (Å²) in [5, 5.41) is 0. The SMILES string of the molecule is Cc1cccc(C=C=O)c1. The normalized spacial score (nSPS) is 8.50. The summed E-state index contributed by atoms with van der Waals surface area (Å²) in [6.07, 6.45) is 1.42. The molecule has 1 aromatic carbocycles. The lowest BCUT2D eigenvalue weighted by Crippen LogP contribution is -1.73. The molecular weight excluding hydrogens is 124 g/mol. The van der Waals surface area contributed by atoms with E-state index in [1.165, 1.54) is 6.08 Å². The molecule has 0 saturated carbocycles. The van der Waals surface area contributed by atoms with E-state index in [1.807, 2.05) is 31.2 Å². The molecule has 0 radical (unpaired) electrons. The summed E-state index contributed by atoms with van der Waals surface area (Å²) in [6.45, 7) is 1.99. The van der Waals surface area contributed by atoms with Crippen molar-refractivity contribution in [3.63, 3.8) is 0 Å². The molecule has 10 heavy (non-hydrogen) atoms. The van der Waals surface area contributed by atoms with Crippen LogP contribution in [0.3, 0.4) is 0 Å². The molecule has 0 aliphatic heterocycles. The maximum atomic E-state index is 9.91. The van der Waals surface area contributed by atoms with E-state index in [0.717, 1.165) is 11.1 Å². The summed E-state index contributed by atoms with van der Waals surface area (Å²) < 4.78 is 0. The van der Waals surface area contributed by atoms with Crippen LogP contribution in [0.4, 0.5) is 0 Å². The molecule has 1 heteroatoms. The van der Waals surface area contributed by atoms with E-state index in [0.29, 0.717) is 0 Å². The summed E-state index contributed by atoms with van der Waals surface area (Å²) in [5.41, 5.74) is 2.07. The topological polar surface area (TPSA) is 17.1 Å². The number of carbonyl (C=O) groups excluding carboxylic acids is 1. The van der Waals surface area contributed by atoms with Gasteiger partial charge in [-0.2, -0.15) is 0 Å². The molecule has 1 aromatic rings. The Bertz CT molecular complexity index is 270. The second-order valence-corrected chi connectivity index (χ2v) is 2.18. The Labute approximate surface area is 60.0 Å². The molecule has 0 aliphatic carbocycles. The van der Waals surface area contributed by atoms with Crippen LogP contribution < -0.4 is 0 Å². The first kappa shape index (κ1) is 6.79. The molecule has 0 saturated heterocycles. The zero-order valence-corrected chi connectivity index (χ0v) is 5.79. The molecular formula is C9H8O. The van der Waals surface area contributed by atoms with Crippen molar-refractivity contribution >= 4 is 12.0 Å². The lowest BCUT2D eigenvalue weighted by atomic mass is 10.1. The van der Waals surface area contributed by atoms with Crippen molar-refractivity contribution < 1.29 is 4.79 Å². The van der Waals surface area contributed by atoms with Crippen LogP contribution in [-0.2, 0) is 4.79 Å². The molecule has 0 fully saturated rings. The number of aryl methyl sites for hydroxylation is 1. The van der Waals surface area contributed by atoms with Gasteiger partial charge >= 0.3 is 0 Å². The second-order valence-electron chi connectivity index (χ2n) is 2.18. The van der Waals surface area contributed by atoms with E-state index in [-0.39, 0.29) is 0 Å². The molecule has 0 atom stereocenters. The van der Waals surface area contributed by atoms with Gasteiger partial charge in [-0.25, -0.2) is 4.79 Å². The zero-order valence-electron chi connectivity index (χ0n) is 5.79. The predicted octanol–water partition coefficient (Wildman–Crippen LogP) is 1.84. The molecule has 1 rings (SSSR count). The van der Waals surface area contributed by atoms with Crippen LogP contribution in [-0.4, -0.2) is 5.94 Å². The number of benzene rings is 1. The first-order chi connectivity index (χ1) is 4.83. The van der Waals surface area contributed by atoms with Crippen LogP contribution >= 0.6 is 0 Å². The van der Waals surface area contributed by atoms with Crippen LogP contribution in [0.2, 0.25) is 0 Å². The molecule has 0 unspecified atom stereocenters. The van der Waals surface area contributed by atoms with Gasteiger partial charge < -0.3 is 0 Å². The monoisotopic (exact) mass is 132 g/mol. The minimum Gasteiger partial charge on any atom is -0.233 e. The first-order valence-corrected chi connectivity index (χ1v) is 3.10. The van der Waals surface area contributed by atoms with E-state index < -0.39 is 0 Å². The highest BCUT2D eigenvalue weighted by atomic mass is 16.1. The fraction of sp³-hybridized carbons (Fsp3) is 0.111. The second kappa shape index (κ2) is 3.00. The van der Waals surface area contributed by atoms with Gasteiger partial charge in [0.2, 0.25) is 0 Å². The van der Waals surface area contributed by atoms with E-state index in [1.54, 1.807) is 5.94 Å². The predicted molar refractivity (Wildman–Crippen MR) is 41.3 cm³/mol. The largest absolute Gasteiger partial charge is 0.233 e. The van der Waals surface area contributed by atoms with Crippen LogP contribution in [0.1, 0.15) is 11.1 Å². The van der Waals surface area contributed by atoms with E-state index in [2.05, 4.69) is 0 Å². The van der Waals surface area contributed by atoms with Gasteiger partial charge in [0.25, 0.3) is 0 Å². The van der Waals surface area contributed by atoms with Crippen molar-refractivity contribution in [2.45, 2.75) is 6.92 Å². The van der Waals surface area contributed by atoms with Crippen molar-refractivity contribution in [2.24, 2.45) is 0 Å². The summed E-state index contributed by atoms with van der Waals surface area (Å²) in [7, 11) is 0. The lowest BCUT2D eigenvalue weighted by molar-refractivity contribution is 0.570. The third-order valence-electron chi connectivity index (χ3n) is 1.27. The van der Waals surface area contributed by atoms with Crippen molar-refractivity contribution in [3.8, 4) is 0 Å². The first-order valence-electron chi connectivity index (χ1n) is 3.10. The Hall–Kier alpha value is -1.33. The van der Waals surface area contributed by atoms with Gasteiger partial charge in [-0.05, 0) is 12.5 Å². The van der Waals surface area contributed by atoms with Gasteiger partial charge in [0.05, 0.1) is 0 Å². The fourth-order valence-electron chi connectivity index (χ4n) is 0.828. The lowest BCUT2D eigenvalue weighted by Gasteiger charge is -1.91. The highest BCUT2D eigenvalue weighted by molar-refractivity contribution is 5.74. The van der Waals surface area contributed by atoms with Crippen LogP contribution in [0, 0.1) is 6.92 Å². The van der Waals surface area contributed by atoms with Crippen molar-refractivity contribution in [3.05, 3.63) is 35.4 Å². The maximum Gasteiger partial charge on any atom is 0.125 e. The molecule has 0 aromatic heterocycles. The van der Waals surface area contributed by atoms with Gasteiger partial charge in [-0.1, -0.05) is 29.8 Å².